The second-order valence-electron chi connectivity index (χ2n) is 2.90. The summed E-state index contributed by atoms with van der Waals surface area (Å²) in [6.45, 7) is 0. The van der Waals surface area contributed by atoms with Crippen LogP contribution in [0, 0.1) is 10.1 Å². The summed E-state index contributed by atoms with van der Waals surface area (Å²) in [6, 6.07) is 0. The summed E-state index contributed by atoms with van der Waals surface area (Å²) in [6.07, 6.45) is -4.29. The van der Waals surface area contributed by atoms with Gasteiger partial charge in [0.05, 0.1) is 12.7 Å². The molecule has 0 spiro atoms. The number of halogens is 4. The molecular formula is C8H6BrF3N2O4. The Morgan fingerprint density at radius 3 is 2.56 bits per heavy atom. The highest BCUT2D eigenvalue weighted by Gasteiger charge is 2.35. The topological polar surface area (TPSA) is 74.5 Å². The highest BCUT2D eigenvalue weighted by atomic mass is 79.9. The van der Waals surface area contributed by atoms with E-state index in [0.29, 0.717) is 6.20 Å². The molecule has 10 heteroatoms. The molecule has 0 radical (unpaired) electrons. The zero-order chi connectivity index (χ0) is 13.9. The molecule has 0 bridgehead atoms. The van der Waals surface area contributed by atoms with Crippen molar-refractivity contribution in [3.63, 3.8) is 0 Å². The first-order valence-corrected chi connectivity index (χ1v) is 5.44. The fraction of sp³-hybridized carbons (Fsp3) is 0.375. The van der Waals surface area contributed by atoms with Crippen molar-refractivity contribution in [1.29, 1.82) is 0 Å². The highest BCUT2D eigenvalue weighted by molar-refractivity contribution is 9.08. The Morgan fingerprint density at radius 1 is 1.56 bits per heavy atom. The van der Waals surface area contributed by atoms with Gasteiger partial charge in [0.1, 0.15) is 0 Å². The van der Waals surface area contributed by atoms with Crippen LogP contribution in [0.5, 0.6) is 11.5 Å². The van der Waals surface area contributed by atoms with Gasteiger partial charge in [-0.05, 0) is 9.91 Å². The first kappa shape index (κ1) is 14.5. The van der Waals surface area contributed by atoms with Crippen LogP contribution >= 0.6 is 15.9 Å². The molecule has 1 heterocycles. The summed E-state index contributed by atoms with van der Waals surface area (Å²) in [5, 5.41) is 10.5. The van der Waals surface area contributed by atoms with E-state index >= 15 is 0 Å². The number of rotatable bonds is 4. The van der Waals surface area contributed by atoms with Gasteiger partial charge in [0.25, 0.3) is 0 Å². The monoisotopic (exact) mass is 330 g/mol. The van der Waals surface area contributed by atoms with E-state index in [1.165, 1.54) is 0 Å². The van der Waals surface area contributed by atoms with Crippen molar-refractivity contribution in [2.45, 2.75) is 11.7 Å². The molecule has 0 unspecified atom stereocenters. The number of nitro groups is 1. The van der Waals surface area contributed by atoms with E-state index in [4.69, 9.17) is 4.74 Å². The zero-order valence-electron chi connectivity index (χ0n) is 8.82. The summed E-state index contributed by atoms with van der Waals surface area (Å²) >= 11 is 2.91. The summed E-state index contributed by atoms with van der Waals surface area (Å²) < 4.78 is 44.7. The predicted molar refractivity (Wildman–Crippen MR) is 56.8 cm³/mol. The minimum Gasteiger partial charge on any atom is -0.489 e. The van der Waals surface area contributed by atoms with Crippen LogP contribution < -0.4 is 9.47 Å². The summed E-state index contributed by atoms with van der Waals surface area (Å²) in [5.74, 6) is -1.71. The van der Waals surface area contributed by atoms with Crippen molar-refractivity contribution in [3.05, 3.63) is 21.9 Å². The minimum atomic E-state index is -4.92. The number of nitrogens with zero attached hydrogens (tertiary/aromatic N) is 2. The van der Waals surface area contributed by atoms with Crippen molar-refractivity contribution in [2.24, 2.45) is 0 Å². The zero-order valence-corrected chi connectivity index (χ0v) is 10.4. The van der Waals surface area contributed by atoms with Crippen molar-refractivity contribution < 1.29 is 27.6 Å². The van der Waals surface area contributed by atoms with Gasteiger partial charge in [0, 0.05) is 5.33 Å². The molecule has 0 amide bonds. The normalized spacial score (nSPS) is 11.2. The molecule has 0 atom stereocenters. The summed E-state index contributed by atoms with van der Waals surface area (Å²) in [4.78, 5) is 13.0. The average molecular weight is 331 g/mol. The van der Waals surface area contributed by atoms with Gasteiger partial charge < -0.3 is 19.6 Å². The van der Waals surface area contributed by atoms with Gasteiger partial charge in [0.2, 0.25) is 5.75 Å². The molecule has 18 heavy (non-hydrogen) atoms. The van der Waals surface area contributed by atoms with Gasteiger partial charge in [-0.25, -0.2) is 0 Å². The fourth-order valence-electron chi connectivity index (χ4n) is 1.19. The van der Waals surface area contributed by atoms with E-state index in [1.807, 2.05) is 0 Å². The van der Waals surface area contributed by atoms with Crippen LogP contribution in [0.15, 0.2) is 6.20 Å². The van der Waals surface area contributed by atoms with E-state index in [0.717, 1.165) is 7.11 Å². The van der Waals surface area contributed by atoms with Crippen LogP contribution in [-0.2, 0) is 5.33 Å². The number of alkyl halides is 4. The fourth-order valence-corrected chi connectivity index (χ4v) is 1.72. The molecule has 0 aromatic carbocycles. The largest absolute Gasteiger partial charge is 0.573 e. The number of methoxy groups -OCH3 is 1. The van der Waals surface area contributed by atoms with E-state index in [9.17, 15) is 23.3 Å². The molecule has 0 fully saturated rings. The molecule has 0 aliphatic rings. The summed E-state index contributed by atoms with van der Waals surface area (Å²) in [5.41, 5.74) is -0.142. The lowest BCUT2D eigenvalue weighted by molar-refractivity contribution is -0.390. The van der Waals surface area contributed by atoms with E-state index in [2.05, 4.69) is 25.7 Å². The van der Waals surface area contributed by atoms with Gasteiger partial charge in [0.15, 0.2) is 11.9 Å². The Kier molecular flexibility index (Phi) is 4.33. The van der Waals surface area contributed by atoms with Gasteiger partial charge in [-0.3, -0.25) is 0 Å². The molecule has 1 rings (SSSR count). The van der Waals surface area contributed by atoms with Crippen LogP contribution in [0.1, 0.15) is 5.56 Å². The Morgan fingerprint density at radius 2 is 2.17 bits per heavy atom. The highest BCUT2D eigenvalue weighted by Crippen LogP contribution is 2.38. The molecule has 0 saturated carbocycles. The minimum absolute atomic E-state index is 0.120. The van der Waals surface area contributed by atoms with Gasteiger partial charge in [-0.2, -0.15) is 0 Å². The Bertz CT molecular complexity index is 466. The second-order valence-corrected chi connectivity index (χ2v) is 3.46. The predicted octanol–water partition coefficient (Wildman–Crippen LogP) is 2.79. The number of hydrogen-bond acceptors (Lipinski definition) is 5. The van der Waals surface area contributed by atoms with Crippen molar-refractivity contribution in [1.82, 2.24) is 4.98 Å². The first-order chi connectivity index (χ1) is 8.30. The van der Waals surface area contributed by atoms with E-state index < -0.39 is 22.9 Å². The number of aromatic nitrogens is 1. The van der Waals surface area contributed by atoms with E-state index in [1.54, 1.807) is 0 Å². The van der Waals surface area contributed by atoms with Crippen LogP contribution in [-0.4, -0.2) is 23.4 Å². The van der Waals surface area contributed by atoms with Crippen LogP contribution in [0.4, 0.5) is 19.0 Å². The third-order valence-corrected chi connectivity index (χ3v) is 2.38. The van der Waals surface area contributed by atoms with Crippen molar-refractivity contribution >= 4 is 21.7 Å². The number of pyridine rings is 1. The quantitative estimate of drug-likeness (QED) is 0.482. The maximum Gasteiger partial charge on any atom is 0.573 e. The van der Waals surface area contributed by atoms with Crippen LogP contribution in [0.2, 0.25) is 0 Å². The molecule has 1 aromatic heterocycles. The van der Waals surface area contributed by atoms with Crippen molar-refractivity contribution in [3.8, 4) is 11.5 Å². The number of hydrogen-bond donors (Lipinski definition) is 0. The Labute approximate surface area is 107 Å². The molecule has 0 saturated heterocycles. The number of ether oxygens (including phenoxy) is 2. The van der Waals surface area contributed by atoms with E-state index in [-0.39, 0.29) is 16.6 Å². The third-order valence-electron chi connectivity index (χ3n) is 1.82. The molecular weight excluding hydrogens is 325 g/mol. The molecule has 6 nitrogen and oxygen atoms in total. The molecule has 0 N–H and O–H groups in total. The van der Waals surface area contributed by atoms with Gasteiger partial charge in [-0.1, -0.05) is 15.9 Å². The van der Waals surface area contributed by atoms with Crippen LogP contribution in [0.25, 0.3) is 0 Å². The molecule has 0 aliphatic carbocycles. The molecule has 1 aromatic rings. The molecule has 100 valence electrons. The SMILES string of the molecule is COc1c([N+](=O)[O-])ncc(OC(F)(F)F)c1CBr. The maximum absolute atomic E-state index is 12.1. The lowest BCUT2D eigenvalue weighted by atomic mass is 10.2. The third kappa shape index (κ3) is 3.22. The Hall–Kier alpha value is -1.58. The lowest BCUT2D eigenvalue weighted by Gasteiger charge is -2.12. The first-order valence-electron chi connectivity index (χ1n) is 4.32. The smallest absolute Gasteiger partial charge is 0.489 e. The summed E-state index contributed by atoms with van der Waals surface area (Å²) in [7, 11) is 1.09. The standard InChI is InChI=1S/C8H6BrF3N2O4/c1-17-6-4(2-9)5(18-8(10,11)12)3-13-7(6)14(15)16/h3H,2H2,1H3. The maximum atomic E-state index is 12.1. The van der Waals surface area contributed by atoms with Crippen LogP contribution in [0.3, 0.4) is 0 Å². The average Bonchev–Trinajstić information content (AvgIpc) is 2.25. The lowest BCUT2D eigenvalue weighted by Crippen LogP contribution is -2.18. The van der Waals surface area contributed by atoms with Gasteiger partial charge in [-0.15, -0.1) is 13.2 Å². The Balaban J connectivity index is 3.34. The van der Waals surface area contributed by atoms with Crippen molar-refractivity contribution in [2.75, 3.05) is 7.11 Å². The molecule has 0 aliphatic heterocycles. The second kappa shape index (κ2) is 5.38. The van der Waals surface area contributed by atoms with Gasteiger partial charge >= 0.3 is 12.2 Å².